The van der Waals surface area contributed by atoms with Gasteiger partial charge in [0.15, 0.2) is 5.82 Å². The number of aryl methyl sites for hydroxylation is 1. The van der Waals surface area contributed by atoms with Crippen molar-refractivity contribution in [3.05, 3.63) is 34.1 Å². The van der Waals surface area contributed by atoms with E-state index in [1.807, 2.05) is 4.90 Å². The molecule has 0 aliphatic carbocycles. The van der Waals surface area contributed by atoms with Crippen LogP contribution >= 0.6 is 11.3 Å². The van der Waals surface area contributed by atoms with Gasteiger partial charge in [-0.15, -0.1) is 0 Å². The van der Waals surface area contributed by atoms with E-state index in [9.17, 15) is 4.79 Å². The minimum atomic E-state index is -0.0738. The zero-order chi connectivity index (χ0) is 16.2. The quantitative estimate of drug-likeness (QED) is 0.925. The fourth-order valence-corrected chi connectivity index (χ4v) is 3.46. The second-order valence-electron chi connectivity index (χ2n) is 5.64. The third-order valence-corrected chi connectivity index (χ3v) is 4.84. The van der Waals surface area contributed by atoms with Crippen molar-refractivity contribution in [1.82, 2.24) is 25.3 Å². The van der Waals surface area contributed by atoms with Gasteiger partial charge in [-0.2, -0.15) is 16.3 Å². The van der Waals surface area contributed by atoms with Crippen LogP contribution in [0, 0.1) is 6.92 Å². The molecular weight excluding hydrogens is 314 g/mol. The van der Waals surface area contributed by atoms with Crippen molar-refractivity contribution in [1.29, 1.82) is 0 Å². The maximum Gasteiger partial charge on any atom is 0.317 e. The van der Waals surface area contributed by atoms with Crippen molar-refractivity contribution >= 4 is 17.4 Å². The molecule has 8 heteroatoms. The highest BCUT2D eigenvalue weighted by molar-refractivity contribution is 7.07. The lowest BCUT2D eigenvalue weighted by Gasteiger charge is -2.37. The summed E-state index contributed by atoms with van der Waals surface area (Å²) in [6.07, 6.45) is 0. The molecule has 2 aromatic rings. The number of nitrogens with one attached hydrogen (secondary N) is 1. The first-order valence-corrected chi connectivity index (χ1v) is 8.66. The van der Waals surface area contributed by atoms with Crippen LogP contribution in [0.25, 0.3) is 0 Å². The number of thiophene rings is 1. The second kappa shape index (κ2) is 7.10. The lowest BCUT2D eigenvalue weighted by molar-refractivity contribution is 0.114. The Hall–Kier alpha value is -1.93. The van der Waals surface area contributed by atoms with Crippen molar-refractivity contribution in [2.24, 2.45) is 0 Å². The molecule has 1 saturated heterocycles. The molecule has 124 valence electrons. The van der Waals surface area contributed by atoms with E-state index in [1.54, 1.807) is 18.3 Å². The van der Waals surface area contributed by atoms with E-state index in [1.165, 1.54) is 5.56 Å². The summed E-state index contributed by atoms with van der Waals surface area (Å²) in [7, 11) is 0. The van der Waals surface area contributed by atoms with Crippen molar-refractivity contribution in [3.8, 4) is 0 Å². The largest absolute Gasteiger partial charge is 0.340 e. The van der Waals surface area contributed by atoms with Gasteiger partial charge in [0.25, 0.3) is 0 Å². The smallest absolute Gasteiger partial charge is 0.317 e. The Morgan fingerprint density at radius 2 is 2.22 bits per heavy atom. The first-order valence-electron chi connectivity index (χ1n) is 7.71. The van der Waals surface area contributed by atoms with Gasteiger partial charge in [0.1, 0.15) is 0 Å². The summed E-state index contributed by atoms with van der Waals surface area (Å²) in [5.74, 6) is 1.01. The van der Waals surface area contributed by atoms with Gasteiger partial charge in [-0.3, -0.25) is 4.90 Å². The second-order valence-corrected chi connectivity index (χ2v) is 6.42. The normalized spacial score (nSPS) is 17.2. The lowest BCUT2D eigenvalue weighted by atomic mass is 10.1. The highest BCUT2D eigenvalue weighted by Crippen LogP contribution is 2.23. The Bertz CT molecular complexity index is 634. The third kappa shape index (κ3) is 3.89. The predicted octanol–water partition coefficient (Wildman–Crippen LogP) is 2.03. The van der Waals surface area contributed by atoms with Gasteiger partial charge in [0.2, 0.25) is 5.89 Å². The molecule has 1 aliphatic rings. The molecule has 1 N–H and O–H groups in total. The number of rotatable bonds is 4. The van der Waals surface area contributed by atoms with Crippen LogP contribution in [0.15, 0.2) is 21.3 Å². The van der Waals surface area contributed by atoms with Crippen LogP contribution in [0.4, 0.5) is 4.79 Å². The Kier molecular flexibility index (Phi) is 4.92. The van der Waals surface area contributed by atoms with Gasteiger partial charge < -0.3 is 14.7 Å². The molecule has 1 fully saturated rings. The zero-order valence-electron chi connectivity index (χ0n) is 13.4. The molecule has 1 atom stereocenters. The number of nitrogens with zero attached hydrogens (tertiary/aromatic N) is 4. The summed E-state index contributed by atoms with van der Waals surface area (Å²) in [5.41, 5.74) is 1.35. The van der Waals surface area contributed by atoms with Gasteiger partial charge >= 0.3 is 6.03 Å². The number of amides is 2. The Labute approximate surface area is 139 Å². The van der Waals surface area contributed by atoms with E-state index >= 15 is 0 Å². The average Bonchev–Trinajstić information content (AvgIpc) is 3.24. The molecule has 1 aliphatic heterocycles. The highest BCUT2D eigenvalue weighted by atomic mass is 32.1. The summed E-state index contributed by atoms with van der Waals surface area (Å²) in [4.78, 5) is 20.5. The monoisotopic (exact) mass is 335 g/mol. The van der Waals surface area contributed by atoms with Gasteiger partial charge in [0, 0.05) is 39.1 Å². The Morgan fingerprint density at radius 3 is 2.83 bits per heavy atom. The van der Waals surface area contributed by atoms with Gasteiger partial charge in [-0.1, -0.05) is 5.16 Å². The summed E-state index contributed by atoms with van der Waals surface area (Å²) >= 11 is 1.72. The average molecular weight is 335 g/mol. The van der Waals surface area contributed by atoms with Crippen molar-refractivity contribution < 1.29 is 9.32 Å². The molecule has 0 aromatic carbocycles. The molecule has 2 aromatic heterocycles. The van der Waals surface area contributed by atoms with Crippen LogP contribution in [0.2, 0.25) is 0 Å². The number of carbonyl (C=O) groups excluding carboxylic acids is 1. The van der Waals surface area contributed by atoms with Crippen LogP contribution in [0.1, 0.15) is 30.2 Å². The van der Waals surface area contributed by atoms with Crippen LogP contribution in [-0.2, 0) is 6.54 Å². The van der Waals surface area contributed by atoms with E-state index < -0.39 is 0 Å². The van der Waals surface area contributed by atoms with Crippen LogP contribution < -0.4 is 5.32 Å². The van der Waals surface area contributed by atoms with Crippen LogP contribution in [0.3, 0.4) is 0 Å². The number of hydrogen-bond acceptors (Lipinski definition) is 6. The maximum atomic E-state index is 12.2. The molecule has 0 bridgehead atoms. The van der Waals surface area contributed by atoms with E-state index in [-0.39, 0.29) is 6.03 Å². The number of urea groups is 1. The van der Waals surface area contributed by atoms with Gasteiger partial charge in [0.05, 0.1) is 6.54 Å². The van der Waals surface area contributed by atoms with Gasteiger partial charge in [-0.05, 0) is 29.3 Å². The first-order chi connectivity index (χ1) is 11.1. The van der Waals surface area contributed by atoms with E-state index in [0.717, 1.165) is 26.2 Å². The van der Waals surface area contributed by atoms with Gasteiger partial charge in [-0.25, -0.2) is 4.79 Å². The predicted molar refractivity (Wildman–Crippen MR) is 87.2 cm³/mol. The summed E-state index contributed by atoms with van der Waals surface area (Å²) < 4.78 is 4.89. The minimum absolute atomic E-state index is 0.0738. The maximum absolute atomic E-state index is 12.2. The number of aromatic nitrogens is 2. The number of piperazine rings is 1. The van der Waals surface area contributed by atoms with E-state index in [2.05, 4.69) is 44.1 Å². The molecule has 1 unspecified atom stereocenters. The topological polar surface area (TPSA) is 74.5 Å². The summed E-state index contributed by atoms with van der Waals surface area (Å²) in [6.45, 7) is 7.46. The number of carbonyl (C=O) groups is 1. The highest BCUT2D eigenvalue weighted by Gasteiger charge is 2.24. The molecule has 0 spiro atoms. The molecule has 23 heavy (non-hydrogen) atoms. The fourth-order valence-electron chi connectivity index (χ4n) is 2.72. The molecule has 7 nitrogen and oxygen atoms in total. The van der Waals surface area contributed by atoms with Crippen molar-refractivity contribution in [2.45, 2.75) is 26.4 Å². The van der Waals surface area contributed by atoms with Crippen LogP contribution in [-0.4, -0.2) is 52.2 Å². The third-order valence-electron chi connectivity index (χ3n) is 4.14. The zero-order valence-corrected chi connectivity index (χ0v) is 14.2. The standard InChI is InChI=1S/C15H21N5O2S/c1-11(13-3-8-23-10-13)19-4-6-20(7-5-19)15(21)16-9-14-17-12(2)22-18-14/h3,8,10-11H,4-7,9H2,1-2H3,(H,16,21). The van der Waals surface area contributed by atoms with E-state index in [4.69, 9.17) is 4.52 Å². The molecule has 0 radical (unpaired) electrons. The summed E-state index contributed by atoms with van der Waals surface area (Å²) in [5, 5.41) is 10.9. The molecule has 0 saturated carbocycles. The van der Waals surface area contributed by atoms with Crippen molar-refractivity contribution in [3.63, 3.8) is 0 Å². The molecule has 2 amide bonds. The number of hydrogen-bond donors (Lipinski definition) is 1. The molecule has 3 heterocycles. The first kappa shape index (κ1) is 15.9. The molecule has 3 rings (SSSR count). The van der Waals surface area contributed by atoms with E-state index in [0.29, 0.717) is 24.3 Å². The lowest BCUT2D eigenvalue weighted by Crippen LogP contribution is -2.52. The Morgan fingerprint density at radius 1 is 1.43 bits per heavy atom. The SMILES string of the molecule is Cc1nc(CNC(=O)N2CCN(C(C)c3ccsc3)CC2)no1. The Balaban J connectivity index is 1.45. The van der Waals surface area contributed by atoms with Crippen molar-refractivity contribution in [2.75, 3.05) is 26.2 Å². The fraction of sp³-hybridized carbons (Fsp3) is 0.533. The molecular formula is C15H21N5O2S. The van der Waals surface area contributed by atoms with Crippen LogP contribution in [0.5, 0.6) is 0 Å². The summed E-state index contributed by atoms with van der Waals surface area (Å²) in [6, 6.07) is 2.49. The minimum Gasteiger partial charge on any atom is -0.340 e.